The molecule has 0 saturated heterocycles. The van der Waals surface area contributed by atoms with Gasteiger partial charge in [0.05, 0.1) is 6.04 Å². The third-order valence-corrected chi connectivity index (χ3v) is 3.33. The van der Waals surface area contributed by atoms with Crippen molar-refractivity contribution in [1.29, 1.82) is 0 Å². The third kappa shape index (κ3) is 2.17. The Morgan fingerprint density at radius 2 is 2.00 bits per heavy atom. The Hall–Kier alpha value is -2.36. The van der Waals surface area contributed by atoms with Gasteiger partial charge >= 0.3 is 0 Å². The van der Waals surface area contributed by atoms with Crippen molar-refractivity contribution in [2.24, 2.45) is 0 Å². The number of benzene rings is 2. The van der Waals surface area contributed by atoms with Gasteiger partial charge in [-0.2, -0.15) is 0 Å². The smallest absolute Gasteiger partial charge is 0.128 e. The lowest BCUT2D eigenvalue weighted by Crippen LogP contribution is -2.11. The van der Waals surface area contributed by atoms with Crippen LogP contribution in [0.5, 0.6) is 17.2 Å². The zero-order valence-corrected chi connectivity index (χ0v) is 10.6. The van der Waals surface area contributed by atoms with Crippen LogP contribution in [0.2, 0.25) is 0 Å². The average Bonchev–Trinajstić information content (AvgIpc) is 2.76. The molecule has 3 rings (SSSR count). The van der Waals surface area contributed by atoms with Crippen LogP contribution < -0.4 is 10.1 Å². The molecule has 98 valence electrons. The Morgan fingerprint density at radius 1 is 1.16 bits per heavy atom. The first-order chi connectivity index (χ1) is 9.13. The number of phenols is 2. The molecule has 0 fully saturated rings. The fourth-order valence-corrected chi connectivity index (χ4v) is 2.22. The number of rotatable bonds is 2. The van der Waals surface area contributed by atoms with Crippen molar-refractivity contribution in [2.45, 2.75) is 13.0 Å². The molecule has 0 spiro atoms. The summed E-state index contributed by atoms with van der Waals surface area (Å²) in [5.74, 6) is 1.18. The summed E-state index contributed by atoms with van der Waals surface area (Å²) in [6, 6.07) is 10.6. The number of nitrogens with one attached hydrogen (secondary N) is 1. The van der Waals surface area contributed by atoms with Crippen molar-refractivity contribution in [3.63, 3.8) is 0 Å². The molecule has 1 heterocycles. The average molecular weight is 257 g/mol. The predicted octanol–water partition coefficient (Wildman–Crippen LogP) is 2.95. The summed E-state index contributed by atoms with van der Waals surface area (Å²) >= 11 is 0. The number of aryl methyl sites for hydroxylation is 1. The maximum Gasteiger partial charge on any atom is 0.128 e. The molecule has 1 aliphatic heterocycles. The Bertz CT molecular complexity index is 625. The molecule has 0 amide bonds. The third-order valence-electron chi connectivity index (χ3n) is 3.33. The van der Waals surface area contributed by atoms with E-state index in [1.807, 2.05) is 25.1 Å². The van der Waals surface area contributed by atoms with Crippen molar-refractivity contribution in [1.82, 2.24) is 0 Å². The van der Waals surface area contributed by atoms with Crippen LogP contribution in [0.25, 0.3) is 0 Å². The van der Waals surface area contributed by atoms with Gasteiger partial charge in [0, 0.05) is 23.4 Å². The maximum atomic E-state index is 9.70. The molecule has 4 heteroatoms. The van der Waals surface area contributed by atoms with Crippen LogP contribution in [0.4, 0.5) is 5.69 Å². The van der Waals surface area contributed by atoms with Gasteiger partial charge in [-0.15, -0.1) is 0 Å². The second kappa shape index (κ2) is 4.39. The molecular formula is C15H15NO3. The second-order valence-electron chi connectivity index (χ2n) is 4.73. The summed E-state index contributed by atoms with van der Waals surface area (Å²) in [5, 5.41) is 22.4. The Labute approximate surface area is 111 Å². The molecule has 2 aromatic rings. The molecule has 1 atom stereocenters. The normalized spacial score (nSPS) is 16.8. The van der Waals surface area contributed by atoms with Crippen LogP contribution >= 0.6 is 0 Å². The first kappa shape index (κ1) is 11.7. The first-order valence-corrected chi connectivity index (χ1v) is 6.15. The van der Waals surface area contributed by atoms with E-state index < -0.39 is 0 Å². The van der Waals surface area contributed by atoms with E-state index >= 15 is 0 Å². The zero-order chi connectivity index (χ0) is 13.4. The minimum atomic E-state index is 0.0257. The minimum Gasteiger partial charge on any atom is -0.508 e. The summed E-state index contributed by atoms with van der Waals surface area (Å²) in [7, 11) is 0. The SMILES string of the molecule is Cc1ccc(NC2COc3cc(O)ccc32)cc1O. The molecule has 19 heavy (non-hydrogen) atoms. The van der Waals surface area contributed by atoms with E-state index in [2.05, 4.69) is 5.32 Å². The van der Waals surface area contributed by atoms with E-state index in [0.29, 0.717) is 12.4 Å². The van der Waals surface area contributed by atoms with Crippen molar-refractivity contribution >= 4 is 5.69 Å². The van der Waals surface area contributed by atoms with Crippen LogP contribution in [-0.4, -0.2) is 16.8 Å². The van der Waals surface area contributed by atoms with Gasteiger partial charge in [0.15, 0.2) is 0 Å². The van der Waals surface area contributed by atoms with E-state index in [1.54, 1.807) is 18.2 Å². The topological polar surface area (TPSA) is 61.7 Å². The number of anilines is 1. The molecule has 3 N–H and O–H groups in total. The standard InChI is InChI=1S/C15H15NO3/c1-9-2-3-10(6-14(9)18)16-13-8-19-15-7-11(17)4-5-12(13)15/h2-7,13,16-18H,8H2,1H3. The summed E-state index contributed by atoms with van der Waals surface area (Å²) in [5.41, 5.74) is 2.70. The van der Waals surface area contributed by atoms with Crippen molar-refractivity contribution in [2.75, 3.05) is 11.9 Å². The fourth-order valence-electron chi connectivity index (χ4n) is 2.22. The molecule has 1 unspecified atom stereocenters. The predicted molar refractivity (Wildman–Crippen MR) is 72.8 cm³/mol. The summed E-state index contributed by atoms with van der Waals surface area (Å²) < 4.78 is 5.53. The van der Waals surface area contributed by atoms with E-state index in [-0.39, 0.29) is 17.5 Å². The number of ether oxygens (including phenoxy) is 1. The number of hydrogen-bond donors (Lipinski definition) is 3. The van der Waals surface area contributed by atoms with Gasteiger partial charge in [0.25, 0.3) is 0 Å². The van der Waals surface area contributed by atoms with Gasteiger partial charge in [-0.25, -0.2) is 0 Å². The Kier molecular flexibility index (Phi) is 2.71. The quantitative estimate of drug-likeness (QED) is 0.774. The molecule has 0 radical (unpaired) electrons. The fraction of sp³-hybridized carbons (Fsp3) is 0.200. The van der Waals surface area contributed by atoms with E-state index in [9.17, 15) is 10.2 Å². The van der Waals surface area contributed by atoms with Gasteiger partial charge in [-0.3, -0.25) is 0 Å². The Morgan fingerprint density at radius 3 is 2.79 bits per heavy atom. The van der Waals surface area contributed by atoms with E-state index in [1.165, 1.54) is 0 Å². The highest BCUT2D eigenvalue weighted by molar-refractivity contribution is 5.55. The molecule has 0 aromatic heterocycles. The van der Waals surface area contributed by atoms with Crippen LogP contribution in [0.1, 0.15) is 17.2 Å². The molecular weight excluding hydrogens is 242 g/mol. The second-order valence-corrected chi connectivity index (χ2v) is 4.73. The summed E-state index contributed by atoms with van der Waals surface area (Å²) in [6.07, 6.45) is 0. The molecule has 2 aromatic carbocycles. The van der Waals surface area contributed by atoms with Crippen molar-refractivity contribution in [3.05, 3.63) is 47.5 Å². The molecule has 0 bridgehead atoms. The number of aromatic hydroxyl groups is 2. The molecule has 1 aliphatic rings. The van der Waals surface area contributed by atoms with Crippen LogP contribution in [0.15, 0.2) is 36.4 Å². The van der Waals surface area contributed by atoms with Crippen LogP contribution in [-0.2, 0) is 0 Å². The summed E-state index contributed by atoms with van der Waals surface area (Å²) in [6.45, 7) is 2.36. The van der Waals surface area contributed by atoms with E-state index in [0.717, 1.165) is 16.8 Å². The lowest BCUT2D eigenvalue weighted by Gasteiger charge is -2.14. The van der Waals surface area contributed by atoms with Gasteiger partial charge < -0.3 is 20.3 Å². The van der Waals surface area contributed by atoms with Gasteiger partial charge in [-0.05, 0) is 30.7 Å². The first-order valence-electron chi connectivity index (χ1n) is 6.15. The number of phenolic OH excluding ortho intramolecular Hbond substituents is 2. The van der Waals surface area contributed by atoms with Crippen molar-refractivity contribution in [3.8, 4) is 17.2 Å². The Balaban J connectivity index is 1.84. The number of hydrogen-bond acceptors (Lipinski definition) is 4. The van der Waals surface area contributed by atoms with Gasteiger partial charge in [0.1, 0.15) is 23.9 Å². The highest BCUT2D eigenvalue weighted by Gasteiger charge is 2.24. The maximum absolute atomic E-state index is 9.70. The van der Waals surface area contributed by atoms with Gasteiger partial charge in [-0.1, -0.05) is 6.07 Å². The summed E-state index contributed by atoms with van der Waals surface area (Å²) in [4.78, 5) is 0. The lowest BCUT2D eigenvalue weighted by atomic mass is 10.1. The van der Waals surface area contributed by atoms with Crippen LogP contribution in [0, 0.1) is 6.92 Å². The van der Waals surface area contributed by atoms with Crippen molar-refractivity contribution < 1.29 is 14.9 Å². The largest absolute Gasteiger partial charge is 0.508 e. The molecule has 0 saturated carbocycles. The number of fused-ring (bicyclic) bond motifs is 1. The molecule has 4 nitrogen and oxygen atoms in total. The zero-order valence-electron chi connectivity index (χ0n) is 10.6. The van der Waals surface area contributed by atoms with Gasteiger partial charge in [0.2, 0.25) is 0 Å². The van der Waals surface area contributed by atoms with E-state index in [4.69, 9.17) is 4.74 Å². The van der Waals surface area contributed by atoms with Crippen LogP contribution in [0.3, 0.4) is 0 Å². The molecule has 0 aliphatic carbocycles. The highest BCUT2D eigenvalue weighted by Crippen LogP contribution is 2.37. The monoisotopic (exact) mass is 257 g/mol. The minimum absolute atomic E-state index is 0.0257. The highest BCUT2D eigenvalue weighted by atomic mass is 16.5. The lowest BCUT2D eigenvalue weighted by molar-refractivity contribution is 0.338.